The summed E-state index contributed by atoms with van der Waals surface area (Å²) in [5, 5.41) is 9.51. The average Bonchev–Trinajstić information content (AvgIpc) is 2.83. The Hall–Kier alpha value is -2.50. The van der Waals surface area contributed by atoms with Gasteiger partial charge in [-0.25, -0.2) is 0 Å². The molecule has 0 radical (unpaired) electrons. The monoisotopic (exact) mass is 244 g/mol. The van der Waals surface area contributed by atoms with E-state index in [0.29, 0.717) is 17.8 Å². The van der Waals surface area contributed by atoms with E-state index in [2.05, 4.69) is 15.6 Å². The third-order valence-electron chi connectivity index (χ3n) is 2.44. The van der Waals surface area contributed by atoms with Crippen molar-refractivity contribution in [2.24, 2.45) is 12.2 Å². The van der Waals surface area contributed by atoms with Gasteiger partial charge in [0.15, 0.2) is 0 Å². The molecule has 1 aromatic carbocycles. The first kappa shape index (κ1) is 12.0. The summed E-state index contributed by atoms with van der Waals surface area (Å²) in [4.78, 5) is 22.1. The minimum absolute atomic E-state index is 0.201. The lowest BCUT2D eigenvalue weighted by molar-refractivity contribution is 0.0951. The van der Waals surface area contributed by atoms with Crippen LogP contribution in [0.2, 0.25) is 0 Å². The number of nitrogens with one attached hydrogen (secondary N) is 1. The largest absolute Gasteiger partial charge is 0.348 e. The molecule has 0 atom stereocenters. The Labute approximate surface area is 104 Å². The second kappa shape index (κ2) is 5.22. The molecule has 6 nitrogen and oxygen atoms in total. The first-order valence-electron chi connectivity index (χ1n) is 5.38. The van der Waals surface area contributed by atoms with Crippen LogP contribution in [-0.4, -0.2) is 15.7 Å². The molecule has 1 N–H and O–H groups in total. The van der Waals surface area contributed by atoms with Crippen molar-refractivity contribution in [3.05, 3.63) is 52.7 Å². The highest BCUT2D eigenvalue weighted by Crippen LogP contribution is 2.13. The number of aromatic nitrogens is 2. The number of amides is 1. The minimum Gasteiger partial charge on any atom is -0.348 e. The molecule has 1 amide bonds. The molecule has 0 saturated heterocycles. The molecule has 1 aromatic heterocycles. The summed E-state index contributed by atoms with van der Waals surface area (Å²) in [5.41, 5.74) is 1.68. The molecule has 0 saturated carbocycles. The summed E-state index contributed by atoms with van der Waals surface area (Å²) in [6, 6.07) is 6.79. The standard InChI is InChI=1S/C12H12N4O2/c1-16-8-10(7-14-16)12(17)13-6-9-3-2-4-11(5-9)15-18/h2-5,7-8H,6H2,1H3,(H,13,17). The zero-order valence-corrected chi connectivity index (χ0v) is 9.83. The Bertz CT molecular complexity index is 577. The fourth-order valence-corrected chi connectivity index (χ4v) is 1.55. The van der Waals surface area contributed by atoms with Gasteiger partial charge < -0.3 is 5.32 Å². The summed E-state index contributed by atoms with van der Waals surface area (Å²) in [7, 11) is 1.75. The zero-order valence-electron chi connectivity index (χ0n) is 9.83. The van der Waals surface area contributed by atoms with Crippen molar-refractivity contribution < 1.29 is 4.79 Å². The Morgan fingerprint density at radius 3 is 3.00 bits per heavy atom. The summed E-state index contributed by atoms with van der Waals surface area (Å²) in [6.45, 7) is 0.344. The van der Waals surface area contributed by atoms with Crippen LogP contribution >= 0.6 is 0 Å². The van der Waals surface area contributed by atoms with E-state index < -0.39 is 0 Å². The molecule has 0 aliphatic rings. The number of rotatable bonds is 4. The number of aryl methyl sites for hydroxylation is 1. The Kier molecular flexibility index (Phi) is 3.47. The molecule has 2 rings (SSSR count). The van der Waals surface area contributed by atoms with Crippen molar-refractivity contribution in [2.75, 3.05) is 0 Å². The second-order valence-electron chi connectivity index (χ2n) is 3.85. The SMILES string of the molecule is Cn1cc(C(=O)NCc2cccc(N=O)c2)cn1. The van der Waals surface area contributed by atoms with Gasteiger partial charge in [0.1, 0.15) is 5.69 Å². The molecule has 6 heteroatoms. The maximum absolute atomic E-state index is 11.7. The molecule has 92 valence electrons. The summed E-state index contributed by atoms with van der Waals surface area (Å²) < 4.78 is 1.56. The van der Waals surface area contributed by atoms with Gasteiger partial charge >= 0.3 is 0 Å². The van der Waals surface area contributed by atoms with Gasteiger partial charge in [-0.3, -0.25) is 9.48 Å². The lowest BCUT2D eigenvalue weighted by Gasteiger charge is -2.03. The summed E-state index contributed by atoms with van der Waals surface area (Å²) >= 11 is 0. The van der Waals surface area contributed by atoms with Gasteiger partial charge in [0.2, 0.25) is 0 Å². The van der Waals surface area contributed by atoms with Crippen molar-refractivity contribution in [1.82, 2.24) is 15.1 Å². The molecule has 2 aromatic rings. The Morgan fingerprint density at radius 2 is 2.33 bits per heavy atom. The first-order chi connectivity index (χ1) is 8.69. The van der Waals surface area contributed by atoms with E-state index in [1.165, 1.54) is 6.20 Å². The summed E-state index contributed by atoms with van der Waals surface area (Å²) in [5.74, 6) is -0.201. The Balaban J connectivity index is 1.99. The normalized spacial score (nSPS) is 10.1. The maximum atomic E-state index is 11.7. The van der Waals surface area contributed by atoms with Crippen molar-refractivity contribution >= 4 is 11.6 Å². The van der Waals surface area contributed by atoms with Crippen LogP contribution in [0.3, 0.4) is 0 Å². The highest BCUT2D eigenvalue weighted by Gasteiger charge is 2.07. The first-order valence-corrected chi connectivity index (χ1v) is 5.38. The highest BCUT2D eigenvalue weighted by atomic mass is 16.3. The average molecular weight is 244 g/mol. The molecular weight excluding hydrogens is 232 g/mol. The smallest absolute Gasteiger partial charge is 0.254 e. The van der Waals surface area contributed by atoms with E-state index in [0.717, 1.165) is 5.56 Å². The molecular formula is C12H12N4O2. The van der Waals surface area contributed by atoms with Crippen LogP contribution in [0.15, 0.2) is 41.8 Å². The van der Waals surface area contributed by atoms with Crippen LogP contribution in [0.5, 0.6) is 0 Å². The maximum Gasteiger partial charge on any atom is 0.254 e. The quantitative estimate of drug-likeness (QED) is 0.832. The number of hydrogen-bond acceptors (Lipinski definition) is 4. The van der Waals surface area contributed by atoms with Crippen LogP contribution in [-0.2, 0) is 13.6 Å². The zero-order chi connectivity index (χ0) is 13.0. The number of carbonyl (C=O) groups excluding carboxylic acids is 1. The van der Waals surface area contributed by atoms with Crippen LogP contribution < -0.4 is 5.32 Å². The fourth-order valence-electron chi connectivity index (χ4n) is 1.55. The van der Waals surface area contributed by atoms with E-state index in [-0.39, 0.29) is 5.91 Å². The molecule has 0 aliphatic heterocycles. The van der Waals surface area contributed by atoms with Crippen molar-refractivity contribution in [1.29, 1.82) is 0 Å². The van der Waals surface area contributed by atoms with Crippen molar-refractivity contribution in [3.8, 4) is 0 Å². The van der Waals surface area contributed by atoms with Crippen molar-refractivity contribution in [3.63, 3.8) is 0 Å². The summed E-state index contributed by atoms with van der Waals surface area (Å²) in [6.07, 6.45) is 3.14. The minimum atomic E-state index is -0.201. The van der Waals surface area contributed by atoms with Gasteiger partial charge in [-0.1, -0.05) is 12.1 Å². The van der Waals surface area contributed by atoms with E-state index >= 15 is 0 Å². The Morgan fingerprint density at radius 1 is 1.50 bits per heavy atom. The fraction of sp³-hybridized carbons (Fsp3) is 0.167. The second-order valence-corrected chi connectivity index (χ2v) is 3.85. The lowest BCUT2D eigenvalue weighted by atomic mass is 10.2. The van der Waals surface area contributed by atoms with E-state index in [1.807, 2.05) is 6.07 Å². The molecule has 0 unspecified atom stereocenters. The number of nitroso groups, excluding NO2 is 1. The van der Waals surface area contributed by atoms with E-state index in [1.54, 1.807) is 36.1 Å². The number of carbonyl (C=O) groups is 1. The van der Waals surface area contributed by atoms with E-state index in [4.69, 9.17) is 0 Å². The van der Waals surface area contributed by atoms with Crippen LogP contribution in [0.4, 0.5) is 5.69 Å². The molecule has 18 heavy (non-hydrogen) atoms. The van der Waals surface area contributed by atoms with Gasteiger partial charge in [-0.15, -0.1) is 4.91 Å². The van der Waals surface area contributed by atoms with Gasteiger partial charge in [0.05, 0.1) is 11.8 Å². The molecule has 0 bridgehead atoms. The van der Waals surface area contributed by atoms with Crippen molar-refractivity contribution in [2.45, 2.75) is 6.54 Å². The third kappa shape index (κ3) is 2.79. The van der Waals surface area contributed by atoms with Crippen LogP contribution in [0, 0.1) is 4.91 Å². The topological polar surface area (TPSA) is 76.3 Å². The van der Waals surface area contributed by atoms with E-state index in [9.17, 15) is 9.70 Å². The van der Waals surface area contributed by atoms with Crippen LogP contribution in [0.25, 0.3) is 0 Å². The van der Waals surface area contributed by atoms with Gasteiger partial charge in [0.25, 0.3) is 5.91 Å². The molecule has 0 aliphatic carbocycles. The van der Waals surface area contributed by atoms with Gasteiger partial charge in [0, 0.05) is 19.8 Å². The van der Waals surface area contributed by atoms with Gasteiger partial charge in [-0.2, -0.15) is 5.10 Å². The number of hydrogen-bond donors (Lipinski definition) is 1. The van der Waals surface area contributed by atoms with Gasteiger partial charge in [-0.05, 0) is 22.9 Å². The predicted octanol–water partition coefficient (Wildman–Crippen LogP) is 1.75. The molecule has 1 heterocycles. The number of nitrogens with zero attached hydrogens (tertiary/aromatic N) is 3. The predicted molar refractivity (Wildman–Crippen MR) is 66.3 cm³/mol. The van der Waals surface area contributed by atoms with Crippen LogP contribution in [0.1, 0.15) is 15.9 Å². The molecule has 0 spiro atoms. The lowest BCUT2D eigenvalue weighted by Crippen LogP contribution is -2.22. The third-order valence-corrected chi connectivity index (χ3v) is 2.44. The molecule has 0 fully saturated rings. The number of benzene rings is 1. The highest BCUT2D eigenvalue weighted by molar-refractivity contribution is 5.93.